The van der Waals surface area contributed by atoms with Crippen LogP contribution in [0.5, 0.6) is 0 Å². The first-order chi connectivity index (χ1) is 15.3. The van der Waals surface area contributed by atoms with E-state index in [1.165, 1.54) is 0 Å². The molecule has 156 valence electrons. The second-order valence-corrected chi connectivity index (χ2v) is 7.34. The summed E-state index contributed by atoms with van der Waals surface area (Å²) in [6.45, 7) is 0.750. The van der Waals surface area contributed by atoms with Crippen LogP contribution in [-0.4, -0.2) is 31.4 Å². The van der Waals surface area contributed by atoms with Gasteiger partial charge in [0.15, 0.2) is 6.29 Å². The van der Waals surface area contributed by atoms with Crippen LogP contribution in [0, 0.1) is 0 Å². The normalized spacial score (nSPS) is 17.2. The van der Waals surface area contributed by atoms with Gasteiger partial charge in [0, 0.05) is 0 Å². The molecular weight excluding hydrogens is 388 g/mol. The van der Waals surface area contributed by atoms with Crippen LogP contribution in [0.1, 0.15) is 11.1 Å². The molecule has 2 aliphatic heterocycles. The number of hydrogen-bond donors (Lipinski definition) is 6. The van der Waals surface area contributed by atoms with E-state index >= 15 is 0 Å². The SMILES string of the molecule is C(=N\NC1CNc2ccccc2N1)/c1cccc(/C=N/NC2Nc3ccccc3N2)c1. The van der Waals surface area contributed by atoms with E-state index in [0.29, 0.717) is 0 Å². The summed E-state index contributed by atoms with van der Waals surface area (Å²) < 4.78 is 0. The topological polar surface area (TPSA) is 96.9 Å². The Kier molecular flexibility index (Phi) is 5.25. The van der Waals surface area contributed by atoms with Gasteiger partial charge in [-0.15, -0.1) is 0 Å². The maximum Gasteiger partial charge on any atom is 0.188 e. The van der Waals surface area contributed by atoms with Crippen LogP contribution in [-0.2, 0) is 0 Å². The van der Waals surface area contributed by atoms with E-state index in [9.17, 15) is 0 Å². The molecule has 0 aliphatic carbocycles. The lowest BCUT2D eigenvalue weighted by atomic mass is 10.1. The molecule has 0 saturated heterocycles. The van der Waals surface area contributed by atoms with E-state index in [4.69, 9.17) is 0 Å². The summed E-state index contributed by atoms with van der Waals surface area (Å²) in [5.41, 5.74) is 12.5. The Balaban J connectivity index is 1.13. The first-order valence-corrected chi connectivity index (χ1v) is 10.2. The predicted octanol–water partition coefficient (Wildman–Crippen LogP) is 3.22. The van der Waals surface area contributed by atoms with Crippen molar-refractivity contribution in [2.75, 3.05) is 27.8 Å². The molecule has 6 N–H and O–H groups in total. The Hall–Kier alpha value is -4.20. The Bertz CT molecular complexity index is 1080. The number of para-hydroxylation sites is 4. The van der Waals surface area contributed by atoms with Crippen molar-refractivity contribution >= 4 is 35.2 Å². The van der Waals surface area contributed by atoms with Crippen molar-refractivity contribution in [3.05, 3.63) is 83.9 Å². The minimum Gasteiger partial charge on any atom is -0.379 e. The van der Waals surface area contributed by atoms with E-state index in [2.05, 4.69) is 48.4 Å². The predicted molar refractivity (Wildman–Crippen MR) is 128 cm³/mol. The third-order valence-corrected chi connectivity index (χ3v) is 5.05. The van der Waals surface area contributed by atoms with E-state index in [0.717, 1.165) is 40.4 Å². The maximum atomic E-state index is 4.39. The fourth-order valence-corrected chi connectivity index (χ4v) is 3.55. The lowest BCUT2D eigenvalue weighted by molar-refractivity contribution is 0.603. The molecule has 3 aromatic rings. The number of nitrogens with zero attached hydrogens (tertiary/aromatic N) is 2. The second kappa shape index (κ2) is 8.66. The molecule has 0 spiro atoms. The van der Waals surface area contributed by atoms with Crippen molar-refractivity contribution in [3.8, 4) is 0 Å². The molecule has 0 fully saturated rings. The fourth-order valence-electron chi connectivity index (χ4n) is 3.55. The lowest BCUT2D eigenvalue weighted by Gasteiger charge is -2.27. The van der Waals surface area contributed by atoms with Gasteiger partial charge in [0.2, 0.25) is 0 Å². The molecule has 8 nitrogen and oxygen atoms in total. The first kappa shape index (κ1) is 18.8. The van der Waals surface area contributed by atoms with Crippen LogP contribution >= 0.6 is 0 Å². The van der Waals surface area contributed by atoms with Gasteiger partial charge in [-0.05, 0) is 41.5 Å². The van der Waals surface area contributed by atoms with Crippen molar-refractivity contribution in [1.82, 2.24) is 10.9 Å². The number of hydrazone groups is 2. The van der Waals surface area contributed by atoms with E-state index in [1.54, 1.807) is 6.21 Å². The zero-order valence-electron chi connectivity index (χ0n) is 16.8. The van der Waals surface area contributed by atoms with Crippen molar-refractivity contribution < 1.29 is 0 Å². The van der Waals surface area contributed by atoms with Gasteiger partial charge in [0.05, 0.1) is 41.7 Å². The number of nitrogens with one attached hydrogen (secondary N) is 6. The van der Waals surface area contributed by atoms with Crippen molar-refractivity contribution in [2.45, 2.75) is 12.5 Å². The highest BCUT2D eigenvalue weighted by Crippen LogP contribution is 2.27. The van der Waals surface area contributed by atoms with E-state index in [-0.39, 0.29) is 12.5 Å². The summed E-state index contributed by atoms with van der Waals surface area (Å²) in [7, 11) is 0. The number of benzene rings is 3. The molecule has 2 heterocycles. The van der Waals surface area contributed by atoms with Gasteiger partial charge in [0.1, 0.15) is 6.17 Å². The average Bonchev–Trinajstić information content (AvgIpc) is 3.22. The Morgan fingerprint density at radius 1 is 0.677 bits per heavy atom. The van der Waals surface area contributed by atoms with Crippen LogP contribution in [0.15, 0.2) is 83.0 Å². The average molecular weight is 413 g/mol. The molecule has 2 aliphatic rings. The van der Waals surface area contributed by atoms with Crippen molar-refractivity contribution in [2.24, 2.45) is 10.2 Å². The smallest absolute Gasteiger partial charge is 0.188 e. The molecule has 0 saturated carbocycles. The van der Waals surface area contributed by atoms with Crippen LogP contribution in [0.4, 0.5) is 22.7 Å². The van der Waals surface area contributed by atoms with Gasteiger partial charge in [-0.3, -0.25) is 10.9 Å². The maximum absolute atomic E-state index is 4.39. The molecule has 1 unspecified atom stereocenters. The highest BCUT2D eigenvalue weighted by atomic mass is 15.5. The Labute approximate surface area is 180 Å². The Morgan fingerprint density at radius 2 is 1.26 bits per heavy atom. The van der Waals surface area contributed by atoms with Crippen LogP contribution in [0.2, 0.25) is 0 Å². The summed E-state index contributed by atoms with van der Waals surface area (Å²) in [4.78, 5) is 0. The molecule has 31 heavy (non-hydrogen) atoms. The van der Waals surface area contributed by atoms with E-state index < -0.39 is 0 Å². The number of fused-ring (bicyclic) bond motifs is 2. The highest BCUT2D eigenvalue weighted by molar-refractivity contribution is 5.86. The lowest BCUT2D eigenvalue weighted by Crippen LogP contribution is -2.42. The summed E-state index contributed by atoms with van der Waals surface area (Å²) in [5, 5.41) is 22.2. The number of rotatable bonds is 6. The fraction of sp³-hybridized carbons (Fsp3) is 0.130. The molecule has 1 atom stereocenters. The summed E-state index contributed by atoms with van der Waals surface area (Å²) in [6.07, 6.45) is 3.49. The monoisotopic (exact) mass is 412 g/mol. The van der Waals surface area contributed by atoms with Gasteiger partial charge >= 0.3 is 0 Å². The molecule has 0 aromatic heterocycles. The van der Waals surface area contributed by atoms with Gasteiger partial charge in [0.25, 0.3) is 0 Å². The molecule has 8 heteroatoms. The standard InChI is InChI=1S/C23H24N8/c1-2-9-19-18(8-1)24-15-22(27-19)30-25-13-16-6-5-7-17(12-16)14-26-31-23-28-20-10-3-4-11-21(20)29-23/h1-14,22-24,27-31H,15H2/b25-13+,26-14+. The molecule has 0 radical (unpaired) electrons. The minimum absolute atomic E-state index is 0.0237. The van der Waals surface area contributed by atoms with Crippen LogP contribution in [0.25, 0.3) is 0 Å². The molecule has 0 bridgehead atoms. The molecule has 5 rings (SSSR count). The van der Waals surface area contributed by atoms with Crippen molar-refractivity contribution in [3.63, 3.8) is 0 Å². The summed E-state index contributed by atoms with van der Waals surface area (Å²) in [6, 6.07) is 24.2. The summed E-state index contributed by atoms with van der Waals surface area (Å²) >= 11 is 0. The van der Waals surface area contributed by atoms with E-state index in [1.807, 2.05) is 72.9 Å². The van der Waals surface area contributed by atoms with Gasteiger partial charge < -0.3 is 21.3 Å². The largest absolute Gasteiger partial charge is 0.379 e. The molecular formula is C23H24N8. The zero-order valence-corrected chi connectivity index (χ0v) is 16.8. The third-order valence-electron chi connectivity index (χ3n) is 5.05. The molecule has 3 aromatic carbocycles. The summed E-state index contributed by atoms with van der Waals surface area (Å²) in [5.74, 6) is 0. The van der Waals surface area contributed by atoms with Gasteiger partial charge in [-0.2, -0.15) is 10.2 Å². The third kappa shape index (κ3) is 4.53. The second-order valence-electron chi connectivity index (χ2n) is 7.34. The quantitative estimate of drug-likeness (QED) is 0.275. The number of anilines is 4. The zero-order chi connectivity index (χ0) is 20.9. The molecule has 0 amide bonds. The van der Waals surface area contributed by atoms with Gasteiger partial charge in [-0.25, -0.2) is 0 Å². The first-order valence-electron chi connectivity index (χ1n) is 10.2. The highest BCUT2D eigenvalue weighted by Gasteiger charge is 2.17. The Morgan fingerprint density at radius 3 is 1.94 bits per heavy atom. The van der Waals surface area contributed by atoms with Crippen LogP contribution < -0.4 is 32.1 Å². The van der Waals surface area contributed by atoms with Crippen molar-refractivity contribution in [1.29, 1.82) is 0 Å². The van der Waals surface area contributed by atoms with Crippen LogP contribution in [0.3, 0.4) is 0 Å². The minimum atomic E-state index is -0.135. The van der Waals surface area contributed by atoms with Gasteiger partial charge in [-0.1, -0.05) is 42.5 Å². The number of hydrogen-bond acceptors (Lipinski definition) is 8.